The van der Waals surface area contributed by atoms with Crippen LogP contribution in [0.5, 0.6) is 11.5 Å². The molecule has 3 aromatic heterocycles. The number of fused-ring (bicyclic) bond motifs is 1. The van der Waals surface area contributed by atoms with E-state index in [1.807, 2.05) is 26.0 Å². The van der Waals surface area contributed by atoms with Crippen molar-refractivity contribution in [2.45, 2.75) is 33.7 Å². The lowest BCUT2D eigenvalue weighted by atomic mass is 9.96. The summed E-state index contributed by atoms with van der Waals surface area (Å²) < 4.78 is 18.2. The molecule has 1 saturated heterocycles. The molecular formula is C31H30N4O7S. The normalized spacial score (nSPS) is 16.1. The number of hydrogen-bond donors (Lipinski definition) is 1. The van der Waals surface area contributed by atoms with E-state index in [1.54, 1.807) is 42.6 Å². The molecule has 4 heterocycles. The fourth-order valence-electron chi connectivity index (χ4n) is 5.02. The van der Waals surface area contributed by atoms with Gasteiger partial charge in [-0.25, -0.2) is 14.8 Å². The lowest BCUT2D eigenvalue weighted by molar-refractivity contribution is -0.132. The number of pyridine rings is 1. The smallest absolute Gasteiger partial charge is 0.350 e. The fraction of sp³-hybridized carbons (Fsp3) is 0.258. The molecule has 1 unspecified atom stereocenters. The number of imidazole rings is 1. The number of ether oxygens (including phenoxy) is 3. The number of aromatic nitrogens is 3. The van der Waals surface area contributed by atoms with E-state index in [0.29, 0.717) is 40.7 Å². The molecule has 4 aromatic rings. The molecule has 222 valence electrons. The predicted octanol–water partition coefficient (Wildman–Crippen LogP) is 5.09. The summed E-state index contributed by atoms with van der Waals surface area (Å²) in [6.45, 7) is 11.0. The lowest BCUT2D eigenvalue weighted by Crippen LogP contribution is -2.29. The number of benzene rings is 1. The zero-order valence-electron chi connectivity index (χ0n) is 24.3. The second-order valence-electron chi connectivity index (χ2n) is 9.74. The zero-order valence-corrected chi connectivity index (χ0v) is 25.2. The molecule has 1 aliphatic heterocycles. The number of Topliss-reactive ketones (excluding diaryl/α,β-unsaturated/α-hetero) is 1. The molecule has 0 bridgehead atoms. The molecule has 5 rings (SSSR count). The molecule has 0 radical (unpaired) electrons. The number of ketones is 1. The van der Waals surface area contributed by atoms with Gasteiger partial charge in [-0.2, -0.15) is 0 Å². The highest BCUT2D eigenvalue weighted by molar-refractivity contribution is 7.17. The van der Waals surface area contributed by atoms with Crippen molar-refractivity contribution < 1.29 is 33.7 Å². The van der Waals surface area contributed by atoms with Crippen molar-refractivity contribution in [2.75, 3.05) is 25.2 Å². The van der Waals surface area contributed by atoms with Crippen LogP contribution in [0, 0.1) is 20.8 Å². The summed E-state index contributed by atoms with van der Waals surface area (Å²) in [5.41, 5.74) is 2.82. The van der Waals surface area contributed by atoms with Crippen LogP contribution in [0.15, 0.2) is 54.8 Å². The van der Waals surface area contributed by atoms with Gasteiger partial charge < -0.3 is 23.7 Å². The molecule has 1 amide bonds. The summed E-state index contributed by atoms with van der Waals surface area (Å²) in [6, 6.07) is 7.61. The first kappa shape index (κ1) is 29.5. The lowest BCUT2D eigenvalue weighted by Gasteiger charge is -2.23. The van der Waals surface area contributed by atoms with Crippen molar-refractivity contribution in [2.24, 2.45) is 0 Å². The van der Waals surface area contributed by atoms with Gasteiger partial charge in [-0.3, -0.25) is 14.5 Å². The standard InChI is InChI=1S/C31H30N4O7S/c1-7-14-42-30(39)27-17(4)32-31(43-27)35-24(19-11-12-20(41-8-2)21(15-19)40-6)22(26(37)29(35)38)25(36)23-18(5)34-13-9-10-16(3)28(34)33-23/h7,9-13,15,24,36H,1,8,14H2,2-6H3/b25-22+. The van der Waals surface area contributed by atoms with Gasteiger partial charge in [0.25, 0.3) is 5.78 Å². The first-order chi connectivity index (χ1) is 20.6. The van der Waals surface area contributed by atoms with Crippen LogP contribution in [-0.4, -0.2) is 57.5 Å². The highest BCUT2D eigenvalue weighted by Gasteiger charge is 2.49. The highest BCUT2D eigenvalue weighted by atomic mass is 32.1. The van der Waals surface area contributed by atoms with Crippen LogP contribution in [0.25, 0.3) is 11.4 Å². The van der Waals surface area contributed by atoms with E-state index in [0.717, 1.165) is 16.9 Å². The monoisotopic (exact) mass is 602 g/mol. The Kier molecular flexibility index (Phi) is 8.05. The van der Waals surface area contributed by atoms with Crippen LogP contribution in [-0.2, 0) is 14.3 Å². The third kappa shape index (κ3) is 5.03. The maximum Gasteiger partial charge on any atom is 0.350 e. The summed E-state index contributed by atoms with van der Waals surface area (Å²) in [7, 11) is 1.48. The molecule has 1 aliphatic rings. The number of aliphatic hydroxyl groups excluding tert-OH is 1. The molecular weight excluding hydrogens is 572 g/mol. The molecule has 0 aliphatic carbocycles. The summed E-state index contributed by atoms with van der Waals surface area (Å²) in [5.74, 6) is -2.07. The quantitative estimate of drug-likeness (QED) is 0.0914. The number of anilines is 1. The van der Waals surface area contributed by atoms with Crippen molar-refractivity contribution in [3.63, 3.8) is 0 Å². The molecule has 1 atom stereocenters. The van der Waals surface area contributed by atoms with Crippen molar-refractivity contribution in [1.29, 1.82) is 0 Å². The number of aliphatic hydroxyl groups is 1. The van der Waals surface area contributed by atoms with E-state index < -0.39 is 29.5 Å². The van der Waals surface area contributed by atoms with Gasteiger partial charge in [0.2, 0.25) is 0 Å². The minimum Gasteiger partial charge on any atom is -0.505 e. The molecule has 1 fully saturated rings. The Morgan fingerprint density at radius 3 is 2.60 bits per heavy atom. The van der Waals surface area contributed by atoms with E-state index in [-0.39, 0.29) is 27.9 Å². The van der Waals surface area contributed by atoms with Gasteiger partial charge in [0.05, 0.1) is 36.7 Å². The zero-order chi connectivity index (χ0) is 31.0. The largest absolute Gasteiger partial charge is 0.505 e. The molecule has 1 N–H and O–H groups in total. The van der Waals surface area contributed by atoms with Crippen LogP contribution in [0.2, 0.25) is 0 Å². The van der Waals surface area contributed by atoms with Crippen molar-refractivity contribution in [1.82, 2.24) is 14.4 Å². The van der Waals surface area contributed by atoms with E-state index in [9.17, 15) is 19.5 Å². The number of hydrogen-bond acceptors (Lipinski definition) is 10. The number of rotatable bonds is 9. The maximum atomic E-state index is 13.7. The average molecular weight is 603 g/mol. The second-order valence-corrected chi connectivity index (χ2v) is 10.7. The van der Waals surface area contributed by atoms with Crippen molar-refractivity contribution in [3.05, 3.63) is 87.8 Å². The summed E-state index contributed by atoms with van der Waals surface area (Å²) in [4.78, 5) is 50.6. The highest BCUT2D eigenvalue weighted by Crippen LogP contribution is 2.45. The van der Waals surface area contributed by atoms with E-state index in [2.05, 4.69) is 16.5 Å². The molecule has 43 heavy (non-hydrogen) atoms. The minimum atomic E-state index is -1.13. The first-order valence-corrected chi connectivity index (χ1v) is 14.3. The molecule has 1 aromatic carbocycles. The van der Waals surface area contributed by atoms with E-state index in [1.165, 1.54) is 18.1 Å². The third-order valence-electron chi connectivity index (χ3n) is 7.07. The predicted molar refractivity (Wildman–Crippen MR) is 161 cm³/mol. The van der Waals surface area contributed by atoms with Crippen LogP contribution >= 0.6 is 11.3 Å². The number of carbonyl (C=O) groups excluding carboxylic acids is 3. The summed E-state index contributed by atoms with van der Waals surface area (Å²) in [5, 5.41) is 11.8. The van der Waals surface area contributed by atoms with Crippen LogP contribution in [0.3, 0.4) is 0 Å². The Hall–Kier alpha value is -4.97. The Morgan fingerprint density at radius 2 is 1.93 bits per heavy atom. The second kappa shape index (κ2) is 11.7. The number of esters is 1. The molecule has 0 saturated carbocycles. The van der Waals surface area contributed by atoms with Crippen LogP contribution < -0.4 is 14.4 Å². The molecule has 12 heteroatoms. The maximum absolute atomic E-state index is 13.7. The van der Waals surface area contributed by atoms with Gasteiger partial charge >= 0.3 is 11.9 Å². The van der Waals surface area contributed by atoms with Crippen LogP contribution in [0.1, 0.15) is 50.8 Å². The summed E-state index contributed by atoms with van der Waals surface area (Å²) >= 11 is 0.912. The SMILES string of the molecule is C=CCOC(=O)c1sc(N2C(=O)C(=O)/C(=C(/O)c3nc4c(C)cccn4c3C)C2c2ccc(OCC)c(OC)c2)nc1C. The number of carbonyl (C=O) groups is 3. The third-order valence-corrected chi connectivity index (χ3v) is 8.20. The van der Waals surface area contributed by atoms with E-state index >= 15 is 0 Å². The molecule has 0 spiro atoms. The van der Waals surface area contributed by atoms with Gasteiger partial charge in [-0.15, -0.1) is 0 Å². The molecule has 11 nitrogen and oxygen atoms in total. The number of nitrogens with zero attached hydrogens (tertiary/aromatic N) is 4. The number of methoxy groups -OCH3 is 1. The Balaban J connectivity index is 1.74. The van der Waals surface area contributed by atoms with Gasteiger partial charge in [0, 0.05) is 6.20 Å². The van der Waals surface area contributed by atoms with Crippen LogP contribution in [0.4, 0.5) is 5.13 Å². The van der Waals surface area contributed by atoms with Gasteiger partial charge in [0.1, 0.15) is 22.8 Å². The Bertz CT molecular complexity index is 1820. The van der Waals surface area contributed by atoms with Crippen molar-refractivity contribution in [3.8, 4) is 11.5 Å². The number of thiazole rings is 1. The van der Waals surface area contributed by atoms with E-state index in [4.69, 9.17) is 14.2 Å². The Morgan fingerprint density at radius 1 is 1.16 bits per heavy atom. The van der Waals surface area contributed by atoms with Gasteiger partial charge in [-0.1, -0.05) is 36.1 Å². The Labute approximate surface area is 251 Å². The minimum absolute atomic E-state index is 0.000166. The van der Waals surface area contributed by atoms with Crippen molar-refractivity contribution >= 4 is 45.5 Å². The van der Waals surface area contributed by atoms with Gasteiger partial charge in [-0.05, 0) is 57.0 Å². The topological polar surface area (TPSA) is 133 Å². The average Bonchev–Trinajstić information content (AvgIpc) is 3.63. The fourth-order valence-corrected chi connectivity index (χ4v) is 6.01. The summed E-state index contributed by atoms with van der Waals surface area (Å²) in [6.07, 6.45) is 3.25. The number of aryl methyl sites for hydroxylation is 3. The first-order valence-electron chi connectivity index (χ1n) is 13.4. The van der Waals surface area contributed by atoms with Gasteiger partial charge in [0.15, 0.2) is 22.4 Å². The number of amides is 1.